The molecule has 0 saturated heterocycles. The van der Waals surface area contributed by atoms with Crippen molar-refractivity contribution in [3.8, 4) is 39.9 Å². The zero-order valence-corrected chi connectivity index (χ0v) is 27.3. The van der Waals surface area contributed by atoms with E-state index >= 15 is 0 Å². The van der Waals surface area contributed by atoms with E-state index in [4.69, 9.17) is 30.9 Å². The Hall–Kier alpha value is -5.61. The van der Waals surface area contributed by atoms with Gasteiger partial charge in [-0.1, -0.05) is 74.8 Å². The Kier molecular flexibility index (Phi) is 8.69. The van der Waals surface area contributed by atoms with E-state index in [1.54, 1.807) is 37.1 Å². The summed E-state index contributed by atoms with van der Waals surface area (Å²) in [6.07, 6.45) is 1.44. The van der Waals surface area contributed by atoms with E-state index in [1.807, 2.05) is 72.8 Å². The number of carbonyl (C=O) groups excluding carboxylic acids is 1. The van der Waals surface area contributed by atoms with Crippen LogP contribution in [-0.4, -0.2) is 40.0 Å². The molecule has 47 heavy (non-hydrogen) atoms. The number of halogens is 1. The molecule has 0 unspecified atom stereocenters. The van der Waals surface area contributed by atoms with Crippen LogP contribution in [0.4, 0.5) is 16.3 Å². The Morgan fingerprint density at radius 2 is 1.55 bits per heavy atom. The average Bonchev–Trinajstić information content (AvgIpc) is 3.49. The highest BCUT2D eigenvalue weighted by Crippen LogP contribution is 2.39. The molecular weight excluding hydrogens is 616 g/mol. The number of ether oxygens (including phenoxy) is 3. The SMILES string of the molecule is COc1cc2ncnc(Oc3ccccc3-c3cccc(NC(=O)Nc4cc(C(C)(C)C)nn4-c4ccccc4Cl)c3)c2cc1OC. The molecule has 6 aromatic rings. The van der Waals surface area contributed by atoms with Gasteiger partial charge >= 0.3 is 6.03 Å². The smallest absolute Gasteiger partial charge is 0.324 e. The Morgan fingerprint density at radius 1 is 0.809 bits per heavy atom. The molecule has 2 heterocycles. The van der Waals surface area contributed by atoms with Gasteiger partial charge in [-0.05, 0) is 42.0 Å². The van der Waals surface area contributed by atoms with Gasteiger partial charge in [-0.15, -0.1) is 0 Å². The number of aromatic nitrogens is 4. The maximum absolute atomic E-state index is 13.3. The number of nitrogens with one attached hydrogen (secondary N) is 2. The highest BCUT2D eigenvalue weighted by Gasteiger charge is 2.22. The predicted molar refractivity (Wildman–Crippen MR) is 185 cm³/mol. The maximum Gasteiger partial charge on any atom is 0.324 e. The molecular formula is C36H33ClN6O4. The molecule has 0 bridgehead atoms. The van der Waals surface area contributed by atoms with Crippen molar-refractivity contribution < 1.29 is 19.0 Å². The van der Waals surface area contributed by atoms with Crippen LogP contribution in [0.2, 0.25) is 5.02 Å². The van der Waals surface area contributed by atoms with Crippen LogP contribution in [0.1, 0.15) is 26.5 Å². The van der Waals surface area contributed by atoms with E-state index in [1.165, 1.54) is 6.33 Å². The topological polar surface area (TPSA) is 112 Å². The fourth-order valence-corrected chi connectivity index (χ4v) is 5.24. The van der Waals surface area contributed by atoms with Gasteiger partial charge in [0.05, 0.1) is 41.5 Å². The van der Waals surface area contributed by atoms with Gasteiger partial charge in [0.15, 0.2) is 11.5 Å². The molecule has 6 rings (SSSR count). The number of rotatable bonds is 8. The molecule has 0 fully saturated rings. The molecule has 238 valence electrons. The van der Waals surface area contributed by atoms with Gasteiger partial charge in [0, 0.05) is 28.8 Å². The Labute approximate surface area is 277 Å². The van der Waals surface area contributed by atoms with E-state index in [-0.39, 0.29) is 5.41 Å². The first-order valence-corrected chi connectivity index (χ1v) is 15.2. The Balaban J connectivity index is 1.27. The van der Waals surface area contributed by atoms with Gasteiger partial charge in [0.25, 0.3) is 0 Å². The molecule has 11 heteroatoms. The van der Waals surface area contributed by atoms with Crippen molar-refractivity contribution in [1.29, 1.82) is 0 Å². The van der Waals surface area contributed by atoms with E-state index in [0.717, 1.165) is 16.8 Å². The van der Waals surface area contributed by atoms with Crippen LogP contribution in [0.5, 0.6) is 23.1 Å². The lowest BCUT2D eigenvalue weighted by Gasteiger charge is -2.14. The van der Waals surface area contributed by atoms with E-state index in [9.17, 15) is 4.79 Å². The number of nitrogens with zero attached hydrogens (tertiary/aromatic N) is 4. The van der Waals surface area contributed by atoms with Crippen LogP contribution in [0.15, 0.2) is 97.3 Å². The first-order chi connectivity index (χ1) is 22.6. The number of hydrogen-bond acceptors (Lipinski definition) is 7. The van der Waals surface area contributed by atoms with Gasteiger partial charge in [-0.25, -0.2) is 19.4 Å². The monoisotopic (exact) mass is 648 g/mol. The summed E-state index contributed by atoms with van der Waals surface area (Å²) in [4.78, 5) is 22.1. The Bertz CT molecular complexity index is 2090. The zero-order chi connectivity index (χ0) is 33.1. The molecule has 2 N–H and O–H groups in total. The average molecular weight is 649 g/mol. The van der Waals surface area contributed by atoms with Crippen LogP contribution in [-0.2, 0) is 5.41 Å². The predicted octanol–water partition coefficient (Wildman–Crippen LogP) is 8.89. The summed E-state index contributed by atoms with van der Waals surface area (Å²) < 4.78 is 18.9. The molecule has 0 aliphatic carbocycles. The normalized spacial score (nSPS) is 11.3. The number of anilines is 2. The van der Waals surface area contributed by atoms with Crippen molar-refractivity contribution >= 4 is 40.0 Å². The summed E-state index contributed by atoms with van der Waals surface area (Å²) in [5.41, 5.74) is 4.07. The van der Waals surface area contributed by atoms with Gasteiger partial charge in [0.1, 0.15) is 17.9 Å². The van der Waals surface area contributed by atoms with Gasteiger partial charge in [-0.2, -0.15) is 5.10 Å². The van der Waals surface area contributed by atoms with Gasteiger partial charge < -0.3 is 19.5 Å². The summed E-state index contributed by atoms with van der Waals surface area (Å²) in [5, 5.41) is 11.8. The van der Waals surface area contributed by atoms with Crippen molar-refractivity contribution in [3.63, 3.8) is 0 Å². The van der Waals surface area contributed by atoms with Gasteiger partial charge in [0.2, 0.25) is 5.88 Å². The van der Waals surface area contributed by atoms with Crippen molar-refractivity contribution in [2.24, 2.45) is 0 Å². The lowest BCUT2D eigenvalue weighted by molar-refractivity contribution is 0.262. The van der Waals surface area contributed by atoms with Gasteiger partial charge in [-0.3, -0.25) is 5.32 Å². The first-order valence-electron chi connectivity index (χ1n) is 14.8. The van der Waals surface area contributed by atoms with E-state index < -0.39 is 6.03 Å². The highest BCUT2D eigenvalue weighted by atomic mass is 35.5. The van der Waals surface area contributed by atoms with Crippen molar-refractivity contribution in [2.75, 3.05) is 24.9 Å². The Morgan fingerprint density at radius 3 is 2.32 bits per heavy atom. The second-order valence-electron chi connectivity index (χ2n) is 11.7. The van der Waals surface area contributed by atoms with Crippen LogP contribution < -0.4 is 24.8 Å². The van der Waals surface area contributed by atoms with E-state index in [0.29, 0.717) is 56.2 Å². The van der Waals surface area contributed by atoms with Crippen molar-refractivity contribution in [1.82, 2.24) is 19.7 Å². The third kappa shape index (κ3) is 6.68. The highest BCUT2D eigenvalue weighted by molar-refractivity contribution is 6.32. The number of para-hydroxylation sites is 2. The second-order valence-corrected chi connectivity index (χ2v) is 12.1. The lowest BCUT2D eigenvalue weighted by atomic mass is 9.92. The minimum atomic E-state index is -0.433. The fraction of sp³-hybridized carbons (Fsp3) is 0.167. The van der Waals surface area contributed by atoms with Crippen LogP contribution in [0.25, 0.3) is 27.7 Å². The molecule has 0 aliphatic heterocycles. The fourth-order valence-electron chi connectivity index (χ4n) is 5.03. The number of hydrogen-bond donors (Lipinski definition) is 2. The molecule has 0 atom stereocenters. The number of methoxy groups -OCH3 is 2. The molecule has 4 aromatic carbocycles. The third-order valence-corrected chi connectivity index (χ3v) is 7.75. The summed E-state index contributed by atoms with van der Waals surface area (Å²) in [7, 11) is 3.14. The summed E-state index contributed by atoms with van der Waals surface area (Å²) in [6.45, 7) is 6.18. The number of amides is 2. The minimum Gasteiger partial charge on any atom is -0.493 e. The molecule has 2 aromatic heterocycles. The van der Waals surface area contributed by atoms with E-state index in [2.05, 4.69) is 41.4 Å². The first kappa shape index (κ1) is 31.4. The summed E-state index contributed by atoms with van der Waals surface area (Å²) >= 11 is 6.50. The molecule has 10 nitrogen and oxygen atoms in total. The number of urea groups is 1. The minimum absolute atomic E-state index is 0.250. The molecule has 0 saturated carbocycles. The lowest BCUT2D eigenvalue weighted by Crippen LogP contribution is -2.21. The number of benzene rings is 4. The molecule has 0 aliphatic rings. The van der Waals surface area contributed by atoms with Crippen LogP contribution in [0.3, 0.4) is 0 Å². The third-order valence-electron chi connectivity index (χ3n) is 7.43. The van der Waals surface area contributed by atoms with Crippen LogP contribution in [0, 0.1) is 0 Å². The van der Waals surface area contributed by atoms with Crippen molar-refractivity contribution in [3.05, 3.63) is 108 Å². The molecule has 2 amide bonds. The van der Waals surface area contributed by atoms with Crippen LogP contribution >= 0.6 is 11.6 Å². The quantitative estimate of drug-likeness (QED) is 0.169. The largest absolute Gasteiger partial charge is 0.493 e. The molecule has 0 spiro atoms. The zero-order valence-electron chi connectivity index (χ0n) is 26.5. The summed E-state index contributed by atoms with van der Waals surface area (Å²) in [6, 6.07) is 27.5. The maximum atomic E-state index is 13.3. The summed E-state index contributed by atoms with van der Waals surface area (Å²) in [5.74, 6) is 2.52. The molecule has 0 radical (unpaired) electrons. The number of fused-ring (bicyclic) bond motifs is 1. The standard InChI is InChI=1S/C36H33ClN6O4/c1-36(2,3)32-20-33(43(42-32)28-15-8-7-14-26(28)37)41-35(44)40-23-12-10-11-22(17-23)24-13-6-9-16-29(24)47-34-25-18-30(45-4)31(46-5)19-27(25)38-21-39-34/h6-21H,1-5H3,(H2,40,41,44). The van der Waals surface area contributed by atoms with Crippen molar-refractivity contribution in [2.45, 2.75) is 26.2 Å². The second kappa shape index (κ2) is 13.0. The number of carbonyl (C=O) groups is 1.